The van der Waals surface area contributed by atoms with Crippen molar-refractivity contribution in [2.75, 3.05) is 59.4 Å². The quantitative estimate of drug-likeness (QED) is 0.652. The smallest absolute Gasteiger partial charge is 0.128 e. The van der Waals surface area contributed by atoms with Crippen molar-refractivity contribution in [3.63, 3.8) is 0 Å². The molecule has 0 aromatic carbocycles. The maximum Gasteiger partial charge on any atom is 0.128 e. The minimum Gasteiger partial charge on any atom is -0.383 e. The van der Waals surface area contributed by atoms with Crippen LogP contribution in [0.15, 0.2) is 18.3 Å². The largest absolute Gasteiger partial charge is 0.383 e. The number of nitrogens with zero attached hydrogens (tertiary/aromatic N) is 3. The van der Waals surface area contributed by atoms with Crippen molar-refractivity contribution in [1.82, 2.24) is 15.2 Å². The molecule has 114 valence electrons. The Morgan fingerprint density at radius 3 is 2.60 bits per heavy atom. The molecule has 5 heteroatoms. The lowest BCUT2D eigenvalue weighted by Crippen LogP contribution is -2.24. The molecule has 5 nitrogen and oxygen atoms in total. The third-order valence-corrected chi connectivity index (χ3v) is 3.11. The van der Waals surface area contributed by atoms with Crippen LogP contribution in [0.2, 0.25) is 0 Å². The summed E-state index contributed by atoms with van der Waals surface area (Å²) in [4.78, 5) is 8.92. The minimum atomic E-state index is 0.736. The maximum atomic E-state index is 5.00. The van der Waals surface area contributed by atoms with Gasteiger partial charge in [-0.05, 0) is 38.7 Å². The summed E-state index contributed by atoms with van der Waals surface area (Å²) in [6.45, 7) is 4.56. The number of nitrogens with one attached hydrogen (secondary N) is 1. The number of anilines is 1. The van der Waals surface area contributed by atoms with Crippen molar-refractivity contribution in [3.05, 3.63) is 23.9 Å². The zero-order chi connectivity index (χ0) is 14.8. The first-order valence-corrected chi connectivity index (χ1v) is 7.14. The standard InChI is InChI=1S/C15H28N4O/c1-18(2)9-5-10-19(3)15-7-6-14(13-17-15)12-16-8-11-20-4/h6-7,13,16H,5,8-12H2,1-4H3. The summed E-state index contributed by atoms with van der Waals surface area (Å²) in [5, 5.41) is 3.31. The van der Waals surface area contributed by atoms with E-state index < -0.39 is 0 Å². The average molecular weight is 280 g/mol. The SMILES string of the molecule is COCCNCc1ccc(N(C)CCCN(C)C)nc1. The van der Waals surface area contributed by atoms with Crippen LogP contribution in [0.4, 0.5) is 5.82 Å². The first-order chi connectivity index (χ1) is 9.63. The predicted octanol–water partition coefficient (Wildman–Crippen LogP) is 1.21. The number of pyridine rings is 1. The lowest BCUT2D eigenvalue weighted by Gasteiger charge is -2.19. The van der Waals surface area contributed by atoms with E-state index in [4.69, 9.17) is 4.74 Å². The van der Waals surface area contributed by atoms with E-state index in [0.717, 1.165) is 45.0 Å². The van der Waals surface area contributed by atoms with Gasteiger partial charge >= 0.3 is 0 Å². The number of hydrogen-bond donors (Lipinski definition) is 1. The van der Waals surface area contributed by atoms with Crippen LogP contribution in [-0.2, 0) is 11.3 Å². The second-order valence-electron chi connectivity index (χ2n) is 5.27. The van der Waals surface area contributed by atoms with Gasteiger partial charge < -0.3 is 19.9 Å². The third kappa shape index (κ3) is 6.84. The lowest BCUT2D eigenvalue weighted by molar-refractivity contribution is 0.199. The summed E-state index contributed by atoms with van der Waals surface area (Å²) in [5.41, 5.74) is 1.20. The Hall–Kier alpha value is -1.17. The molecule has 20 heavy (non-hydrogen) atoms. The lowest BCUT2D eigenvalue weighted by atomic mass is 10.2. The highest BCUT2D eigenvalue weighted by atomic mass is 16.5. The second-order valence-corrected chi connectivity index (χ2v) is 5.27. The molecule has 1 aromatic heterocycles. The summed E-state index contributed by atoms with van der Waals surface area (Å²) in [6, 6.07) is 4.22. The molecule has 0 fully saturated rings. The van der Waals surface area contributed by atoms with Crippen LogP contribution in [0.5, 0.6) is 0 Å². The normalized spacial score (nSPS) is 11.1. The molecule has 0 bridgehead atoms. The highest BCUT2D eigenvalue weighted by molar-refractivity contribution is 5.38. The molecule has 1 aromatic rings. The Kier molecular flexibility index (Phi) is 8.18. The zero-order valence-corrected chi connectivity index (χ0v) is 13.2. The van der Waals surface area contributed by atoms with Crippen LogP contribution in [0.3, 0.4) is 0 Å². The van der Waals surface area contributed by atoms with Crippen LogP contribution < -0.4 is 10.2 Å². The molecule has 1 heterocycles. The first kappa shape index (κ1) is 16.9. The number of rotatable bonds is 10. The summed E-state index contributed by atoms with van der Waals surface area (Å²) >= 11 is 0. The van der Waals surface area contributed by atoms with Crippen LogP contribution in [0, 0.1) is 0 Å². The maximum absolute atomic E-state index is 5.00. The van der Waals surface area contributed by atoms with Crippen LogP contribution >= 0.6 is 0 Å². The minimum absolute atomic E-state index is 0.736. The van der Waals surface area contributed by atoms with Crippen LogP contribution in [0.1, 0.15) is 12.0 Å². The molecular formula is C15H28N4O. The van der Waals surface area contributed by atoms with Crippen molar-refractivity contribution < 1.29 is 4.74 Å². The van der Waals surface area contributed by atoms with Crippen molar-refractivity contribution in [2.24, 2.45) is 0 Å². The van der Waals surface area contributed by atoms with Crippen molar-refractivity contribution in [3.8, 4) is 0 Å². The van der Waals surface area contributed by atoms with Gasteiger partial charge in [0.2, 0.25) is 0 Å². The van der Waals surface area contributed by atoms with E-state index in [9.17, 15) is 0 Å². The zero-order valence-electron chi connectivity index (χ0n) is 13.2. The molecule has 0 spiro atoms. The second kappa shape index (κ2) is 9.69. The molecule has 0 amide bonds. The van der Waals surface area contributed by atoms with E-state index in [-0.39, 0.29) is 0 Å². The van der Waals surface area contributed by atoms with Gasteiger partial charge in [0.15, 0.2) is 0 Å². The Morgan fingerprint density at radius 2 is 2.00 bits per heavy atom. The molecule has 0 aliphatic rings. The summed E-state index contributed by atoms with van der Waals surface area (Å²) in [6.07, 6.45) is 3.09. The van der Waals surface area contributed by atoms with Gasteiger partial charge in [-0.15, -0.1) is 0 Å². The molecule has 1 rings (SSSR count). The van der Waals surface area contributed by atoms with Crippen LogP contribution in [-0.4, -0.2) is 64.4 Å². The fourth-order valence-corrected chi connectivity index (χ4v) is 1.89. The van der Waals surface area contributed by atoms with Crippen molar-refractivity contribution in [1.29, 1.82) is 0 Å². The first-order valence-electron chi connectivity index (χ1n) is 7.14. The molecule has 0 unspecified atom stereocenters. The Balaban J connectivity index is 2.33. The Labute approximate surface area is 122 Å². The third-order valence-electron chi connectivity index (χ3n) is 3.11. The monoisotopic (exact) mass is 280 g/mol. The summed E-state index contributed by atoms with van der Waals surface area (Å²) in [5.74, 6) is 1.03. The molecule has 0 atom stereocenters. The molecule has 0 radical (unpaired) electrons. The van der Waals surface area contributed by atoms with E-state index >= 15 is 0 Å². The van der Waals surface area contributed by atoms with E-state index in [1.807, 2.05) is 6.20 Å². The van der Waals surface area contributed by atoms with Gasteiger partial charge in [-0.25, -0.2) is 4.98 Å². The summed E-state index contributed by atoms with van der Waals surface area (Å²) < 4.78 is 5.00. The van der Waals surface area contributed by atoms with Gasteiger partial charge in [0.25, 0.3) is 0 Å². The molecule has 0 aliphatic heterocycles. The molecule has 0 saturated carbocycles. The topological polar surface area (TPSA) is 40.6 Å². The molecule has 0 saturated heterocycles. The van der Waals surface area contributed by atoms with E-state index in [2.05, 4.69) is 53.4 Å². The van der Waals surface area contributed by atoms with Gasteiger partial charge in [0, 0.05) is 40.0 Å². The van der Waals surface area contributed by atoms with Crippen molar-refractivity contribution in [2.45, 2.75) is 13.0 Å². The Bertz CT molecular complexity index is 353. The molecule has 0 aliphatic carbocycles. The molecular weight excluding hydrogens is 252 g/mol. The number of methoxy groups -OCH3 is 1. The highest BCUT2D eigenvalue weighted by Gasteiger charge is 2.02. The van der Waals surface area contributed by atoms with E-state index in [0.29, 0.717) is 0 Å². The number of ether oxygens (including phenoxy) is 1. The summed E-state index contributed by atoms with van der Waals surface area (Å²) in [7, 11) is 8.01. The fourth-order valence-electron chi connectivity index (χ4n) is 1.89. The van der Waals surface area contributed by atoms with Crippen molar-refractivity contribution >= 4 is 5.82 Å². The van der Waals surface area contributed by atoms with Gasteiger partial charge in [0.05, 0.1) is 6.61 Å². The predicted molar refractivity (Wildman–Crippen MR) is 84.3 cm³/mol. The average Bonchev–Trinajstić information content (AvgIpc) is 2.44. The Morgan fingerprint density at radius 1 is 1.20 bits per heavy atom. The molecule has 1 N–H and O–H groups in total. The highest BCUT2D eigenvalue weighted by Crippen LogP contribution is 2.10. The fraction of sp³-hybridized carbons (Fsp3) is 0.667. The number of aromatic nitrogens is 1. The van der Waals surface area contributed by atoms with Gasteiger partial charge in [0.1, 0.15) is 5.82 Å². The van der Waals surface area contributed by atoms with Gasteiger partial charge in [-0.1, -0.05) is 6.07 Å². The van der Waals surface area contributed by atoms with Gasteiger partial charge in [-0.2, -0.15) is 0 Å². The van der Waals surface area contributed by atoms with E-state index in [1.54, 1.807) is 7.11 Å². The van der Waals surface area contributed by atoms with Gasteiger partial charge in [-0.3, -0.25) is 0 Å². The number of hydrogen-bond acceptors (Lipinski definition) is 5. The van der Waals surface area contributed by atoms with Crippen LogP contribution in [0.25, 0.3) is 0 Å². The van der Waals surface area contributed by atoms with E-state index in [1.165, 1.54) is 5.56 Å².